The number of carboxylic acids is 1. The van der Waals surface area contributed by atoms with E-state index in [4.69, 9.17) is 26.1 Å². The summed E-state index contributed by atoms with van der Waals surface area (Å²) in [5, 5.41) is 28.6. The molecule has 0 radical (unpaired) electrons. The summed E-state index contributed by atoms with van der Waals surface area (Å²) in [6.45, 7) is 3.07. The first-order valence-corrected chi connectivity index (χ1v) is 17.8. The van der Waals surface area contributed by atoms with Gasteiger partial charge in [-0.05, 0) is 60.8 Å². The zero-order valence-corrected chi connectivity index (χ0v) is 30.4. The van der Waals surface area contributed by atoms with E-state index in [2.05, 4.69) is 25.9 Å². The number of ether oxygens (including phenoxy) is 2. The van der Waals surface area contributed by atoms with Crippen molar-refractivity contribution in [1.29, 1.82) is 0 Å². The topological polar surface area (TPSA) is 151 Å². The SMILES string of the molecule is CC[C@H](CO)CNCc1ccc(-c2cccc(-c3cccc4c3CC[C@@H]4Nc3nc(OC)c(CNC4(C(=O)O)CC4)nc3C(F)(F)F)c2Cl)nc1OC. The lowest BCUT2D eigenvalue weighted by Gasteiger charge is -2.21. The molecule has 0 saturated heterocycles. The molecule has 0 aliphatic heterocycles. The monoisotopic (exact) mass is 754 g/mol. The van der Waals surface area contributed by atoms with Gasteiger partial charge in [-0.2, -0.15) is 18.2 Å². The Morgan fingerprint density at radius 3 is 2.38 bits per heavy atom. The normalized spacial score (nSPS) is 16.6. The number of alkyl halides is 3. The molecule has 0 unspecified atom stereocenters. The second-order valence-corrected chi connectivity index (χ2v) is 13.7. The third kappa shape index (κ3) is 8.05. The highest BCUT2D eigenvalue weighted by Crippen LogP contribution is 2.45. The van der Waals surface area contributed by atoms with Crippen LogP contribution < -0.4 is 25.4 Å². The molecule has 2 aliphatic carbocycles. The van der Waals surface area contributed by atoms with Gasteiger partial charge in [0.1, 0.15) is 11.2 Å². The number of hydrogen-bond donors (Lipinski definition) is 5. The van der Waals surface area contributed by atoms with Crippen LogP contribution in [0.2, 0.25) is 5.02 Å². The second-order valence-electron chi connectivity index (χ2n) is 13.3. The van der Waals surface area contributed by atoms with E-state index in [1.165, 1.54) is 7.11 Å². The Morgan fingerprint density at radius 1 is 1.00 bits per heavy atom. The molecule has 4 aromatic rings. The van der Waals surface area contributed by atoms with E-state index in [0.29, 0.717) is 60.9 Å². The minimum absolute atomic E-state index is 0.114. The van der Waals surface area contributed by atoms with Gasteiger partial charge in [0, 0.05) is 42.9 Å². The molecule has 1 fully saturated rings. The third-order valence-corrected chi connectivity index (χ3v) is 10.4. The standard InChI is InChI=1S/C38H42ClF3N6O5/c1-4-21(20-49)17-43-18-22-11-13-29(47-34(22)52-2)27-10-6-9-26(31(27)39)23-7-5-8-25-24(23)12-14-28(25)46-33-32(38(40,41)42)45-30(35(48-33)53-3)19-44-37(15-16-37)36(50)51/h5-11,13,21,28,43-44,49H,4,12,14-20H2,1-3H3,(H,46,48)(H,50,51)/t21-,28-/m0/s1. The molecule has 1 saturated carbocycles. The smallest absolute Gasteiger partial charge is 0.437 e. The molecule has 0 bridgehead atoms. The molecule has 2 aliphatic rings. The molecule has 2 aromatic heterocycles. The lowest BCUT2D eigenvalue weighted by Crippen LogP contribution is -2.39. The minimum Gasteiger partial charge on any atom is -0.481 e. The summed E-state index contributed by atoms with van der Waals surface area (Å²) in [5.41, 5.74) is 3.02. The highest BCUT2D eigenvalue weighted by Gasteiger charge is 2.50. The number of methoxy groups -OCH3 is 2. The maximum atomic E-state index is 14.4. The molecule has 0 amide bonds. The predicted molar refractivity (Wildman–Crippen MR) is 194 cm³/mol. The molecule has 2 heterocycles. The van der Waals surface area contributed by atoms with Crippen LogP contribution in [-0.4, -0.2) is 64.0 Å². The van der Waals surface area contributed by atoms with E-state index in [1.807, 2.05) is 55.5 Å². The Labute approximate surface area is 310 Å². The Hall–Kier alpha value is -4.50. The number of anilines is 1. The maximum Gasteiger partial charge on any atom is 0.437 e. The van der Waals surface area contributed by atoms with Crippen molar-refractivity contribution in [2.75, 3.05) is 32.7 Å². The third-order valence-electron chi connectivity index (χ3n) is 10.0. The molecule has 5 N–H and O–H groups in total. The number of nitrogens with one attached hydrogen (secondary N) is 3. The number of rotatable bonds is 16. The summed E-state index contributed by atoms with van der Waals surface area (Å²) < 4.78 is 54.1. The summed E-state index contributed by atoms with van der Waals surface area (Å²) >= 11 is 7.10. The van der Waals surface area contributed by atoms with Crippen LogP contribution in [0.15, 0.2) is 48.5 Å². The van der Waals surface area contributed by atoms with Crippen molar-refractivity contribution < 1.29 is 37.7 Å². The highest BCUT2D eigenvalue weighted by atomic mass is 35.5. The number of hydrogen-bond acceptors (Lipinski definition) is 10. The van der Waals surface area contributed by atoms with E-state index in [0.717, 1.165) is 34.2 Å². The Bertz CT molecular complexity index is 1970. The zero-order valence-electron chi connectivity index (χ0n) is 29.6. The molecular weight excluding hydrogens is 713 g/mol. The van der Waals surface area contributed by atoms with Crippen molar-refractivity contribution in [3.05, 3.63) is 81.6 Å². The van der Waals surface area contributed by atoms with Gasteiger partial charge in [0.15, 0.2) is 11.5 Å². The van der Waals surface area contributed by atoms with Gasteiger partial charge in [-0.3, -0.25) is 10.1 Å². The fraction of sp³-hybridized carbons (Fsp3) is 0.421. The van der Waals surface area contributed by atoms with Gasteiger partial charge in [0.05, 0.1) is 31.0 Å². The number of carboxylic acid groups (broad SMARTS) is 1. The highest BCUT2D eigenvalue weighted by molar-refractivity contribution is 6.36. The number of aliphatic hydroxyl groups is 1. The Balaban J connectivity index is 1.26. The van der Waals surface area contributed by atoms with E-state index in [1.54, 1.807) is 7.11 Å². The molecule has 6 rings (SSSR count). The van der Waals surface area contributed by atoms with Crippen molar-refractivity contribution in [1.82, 2.24) is 25.6 Å². The zero-order chi connectivity index (χ0) is 37.9. The van der Waals surface area contributed by atoms with Crippen molar-refractivity contribution in [2.45, 2.75) is 69.9 Å². The van der Waals surface area contributed by atoms with Gasteiger partial charge in [0.2, 0.25) is 11.8 Å². The average molecular weight is 755 g/mol. The first kappa shape index (κ1) is 38.2. The van der Waals surface area contributed by atoms with Crippen LogP contribution in [0.5, 0.6) is 11.8 Å². The van der Waals surface area contributed by atoms with E-state index in [-0.39, 0.29) is 30.6 Å². The number of nitrogens with zero attached hydrogens (tertiary/aromatic N) is 3. The second kappa shape index (κ2) is 15.8. The van der Waals surface area contributed by atoms with Gasteiger partial charge >= 0.3 is 12.1 Å². The predicted octanol–water partition coefficient (Wildman–Crippen LogP) is 6.81. The maximum absolute atomic E-state index is 14.4. The van der Waals surface area contributed by atoms with Crippen molar-refractivity contribution >= 4 is 23.4 Å². The van der Waals surface area contributed by atoms with Gasteiger partial charge in [-0.1, -0.05) is 61.0 Å². The molecule has 0 spiro atoms. The van der Waals surface area contributed by atoms with Crippen LogP contribution in [0.3, 0.4) is 0 Å². The van der Waals surface area contributed by atoms with E-state index in [9.17, 15) is 28.2 Å². The lowest BCUT2D eigenvalue weighted by molar-refractivity contribution is -0.142. The fourth-order valence-corrected chi connectivity index (χ4v) is 7.04. The van der Waals surface area contributed by atoms with Gasteiger partial charge < -0.3 is 30.3 Å². The molecule has 15 heteroatoms. The lowest BCUT2D eigenvalue weighted by atomic mass is 9.94. The van der Waals surface area contributed by atoms with Crippen LogP contribution in [0.25, 0.3) is 22.4 Å². The first-order chi connectivity index (χ1) is 25.4. The molecule has 282 valence electrons. The van der Waals surface area contributed by atoms with Crippen molar-refractivity contribution in [3.8, 4) is 34.1 Å². The molecule has 2 atom stereocenters. The summed E-state index contributed by atoms with van der Waals surface area (Å²) in [6.07, 6.45) is -2.19. The number of aliphatic hydroxyl groups excluding tert-OH is 1. The summed E-state index contributed by atoms with van der Waals surface area (Å²) in [5.74, 6) is -1.06. The van der Waals surface area contributed by atoms with E-state index >= 15 is 0 Å². The number of carbonyl (C=O) groups is 1. The molecule has 11 nitrogen and oxygen atoms in total. The average Bonchev–Trinajstić information content (AvgIpc) is 3.85. The van der Waals surface area contributed by atoms with Crippen LogP contribution in [0.4, 0.5) is 19.0 Å². The summed E-state index contributed by atoms with van der Waals surface area (Å²) in [4.78, 5) is 24.4. The molecule has 2 aromatic carbocycles. The Morgan fingerprint density at radius 2 is 1.72 bits per heavy atom. The first-order valence-electron chi connectivity index (χ1n) is 17.5. The van der Waals surface area contributed by atoms with Crippen molar-refractivity contribution in [2.24, 2.45) is 5.92 Å². The van der Waals surface area contributed by atoms with Crippen LogP contribution >= 0.6 is 11.6 Å². The molecular formula is C38H42ClF3N6O5. The number of fused-ring (bicyclic) bond motifs is 1. The summed E-state index contributed by atoms with van der Waals surface area (Å²) in [7, 11) is 2.84. The van der Waals surface area contributed by atoms with E-state index < -0.39 is 35.2 Å². The van der Waals surface area contributed by atoms with Crippen LogP contribution in [0, 0.1) is 5.92 Å². The quantitative estimate of drug-likeness (QED) is 0.0821. The largest absolute Gasteiger partial charge is 0.481 e. The number of aromatic nitrogens is 3. The number of halogens is 4. The van der Waals surface area contributed by atoms with Crippen LogP contribution in [-0.2, 0) is 30.5 Å². The molecule has 53 heavy (non-hydrogen) atoms. The fourth-order valence-electron chi connectivity index (χ4n) is 6.71. The van der Waals surface area contributed by atoms with Gasteiger partial charge in [0.25, 0.3) is 0 Å². The van der Waals surface area contributed by atoms with Gasteiger partial charge in [-0.15, -0.1) is 0 Å². The Kier molecular flexibility index (Phi) is 11.4. The number of benzene rings is 2. The minimum atomic E-state index is -4.85. The van der Waals surface area contributed by atoms with Crippen molar-refractivity contribution in [3.63, 3.8) is 0 Å². The summed E-state index contributed by atoms with van der Waals surface area (Å²) in [6, 6.07) is 14.6. The number of aliphatic carboxylic acids is 1. The van der Waals surface area contributed by atoms with Crippen LogP contribution in [0.1, 0.15) is 66.7 Å². The number of pyridine rings is 1. The van der Waals surface area contributed by atoms with Gasteiger partial charge in [-0.25, -0.2) is 9.97 Å².